The monoisotopic (exact) mass is 415 g/mol. The smallest absolute Gasteiger partial charge is 0.297 e. The van der Waals surface area contributed by atoms with Crippen molar-refractivity contribution < 1.29 is 22.1 Å². The van der Waals surface area contributed by atoms with E-state index in [-0.39, 0.29) is 16.8 Å². The minimum atomic E-state index is -3.91. The molecule has 1 aliphatic rings. The number of ether oxygens (including phenoxy) is 1. The van der Waals surface area contributed by atoms with E-state index in [1.807, 2.05) is 38.1 Å². The summed E-state index contributed by atoms with van der Waals surface area (Å²) in [7, 11) is -2.31. The molecule has 2 aromatic rings. The van der Waals surface area contributed by atoms with Crippen molar-refractivity contribution in [1.82, 2.24) is 4.90 Å². The maximum Gasteiger partial charge on any atom is 0.297 e. The lowest BCUT2D eigenvalue weighted by atomic mass is 10.1. The highest BCUT2D eigenvalue weighted by Gasteiger charge is 2.31. The number of rotatable bonds is 7. The van der Waals surface area contributed by atoms with E-state index < -0.39 is 16.2 Å². The molecule has 2 aromatic carbocycles. The molecule has 0 aromatic heterocycles. The SMILES string of the molecule is COc1ccc([C@H](C)N2CC([C@H](C)OS(=O)(=O)c3ccc(C)cc3)=CC2=O)cc1. The Morgan fingerprint density at radius 2 is 1.62 bits per heavy atom. The second-order valence-corrected chi connectivity index (χ2v) is 8.71. The Balaban J connectivity index is 1.69. The number of hydrogen-bond acceptors (Lipinski definition) is 5. The van der Waals surface area contributed by atoms with Gasteiger partial charge in [0.05, 0.1) is 24.2 Å². The lowest BCUT2D eigenvalue weighted by Gasteiger charge is -2.26. The number of nitrogens with zero attached hydrogens (tertiary/aromatic N) is 1. The van der Waals surface area contributed by atoms with Crippen molar-refractivity contribution in [3.63, 3.8) is 0 Å². The zero-order chi connectivity index (χ0) is 21.2. The van der Waals surface area contributed by atoms with Gasteiger partial charge < -0.3 is 9.64 Å². The predicted octanol–water partition coefficient (Wildman–Crippen LogP) is 3.63. The van der Waals surface area contributed by atoms with E-state index in [1.165, 1.54) is 18.2 Å². The van der Waals surface area contributed by atoms with Gasteiger partial charge in [-0.05, 0) is 56.2 Å². The third kappa shape index (κ3) is 4.68. The third-order valence-corrected chi connectivity index (χ3v) is 6.50. The minimum Gasteiger partial charge on any atom is -0.497 e. The summed E-state index contributed by atoms with van der Waals surface area (Å²) in [5, 5.41) is 0. The van der Waals surface area contributed by atoms with Crippen molar-refractivity contribution in [1.29, 1.82) is 0 Å². The Hall–Kier alpha value is -2.64. The fourth-order valence-corrected chi connectivity index (χ4v) is 4.29. The van der Waals surface area contributed by atoms with E-state index in [1.54, 1.807) is 31.1 Å². The number of carbonyl (C=O) groups is 1. The molecule has 3 rings (SSSR count). The molecule has 154 valence electrons. The van der Waals surface area contributed by atoms with Crippen LogP contribution in [0.15, 0.2) is 65.1 Å². The minimum absolute atomic E-state index is 0.100. The van der Waals surface area contributed by atoms with E-state index >= 15 is 0 Å². The first-order valence-electron chi connectivity index (χ1n) is 9.36. The summed E-state index contributed by atoms with van der Waals surface area (Å²) < 4.78 is 35.6. The summed E-state index contributed by atoms with van der Waals surface area (Å²) in [6.07, 6.45) is 0.730. The Bertz CT molecular complexity index is 1010. The van der Waals surface area contributed by atoms with Crippen LogP contribution < -0.4 is 4.74 Å². The van der Waals surface area contributed by atoms with Crippen molar-refractivity contribution in [3.8, 4) is 5.75 Å². The second-order valence-electron chi connectivity index (χ2n) is 7.14. The quantitative estimate of drug-likeness (QED) is 0.646. The van der Waals surface area contributed by atoms with Gasteiger partial charge >= 0.3 is 0 Å². The number of benzene rings is 2. The third-order valence-electron chi connectivity index (χ3n) is 5.11. The molecule has 6 nitrogen and oxygen atoms in total. The molecule has 1 amide bonds. The molecule has 0 bridgehead atoms. The molecule has 0 N–H and O–H groups in total. The highest BCUT2D eigenvalue weighted by Crippen LogP contribution is 2.29. The van der Waals surface area contributed by atoms with Gasteiger partial charge in [0.1, 0.15) is 5.75 Å². The summed E-state index contributed by atoms with van der Waals surface area (Å²) >= 11 is 0. The van der Waals surface area contributed by atoms with Crippen molar-refractivity contribution in [3.05, 3.63) is 71.3 Å². The zero-order valence-corrected chi connectivity index (χ0v) is 17.8. The molecular formula is C22H25NO5S. The highest BCUT2D eigenvalue weighted by molar-refractivity contribution is 7.86. The molecule has 0 spiro atoms. The Labute approximate surface area is 171 Å². The summed E-state index contributed by atoms with van der Waals surface area (Å²) in [6, 6.07) is 13.8. The van der Waals surface area contributed by atoms with Gasteiger partial charge in [-0.2, -0.15) is 8.42 Å². The Morgan fingerprint density at radius 1 is 1.00 bits per heavy atom. The molecule has 0 saturated heterocycles. The fraction of sp³-hybridized carbons (Fsp3) is 0.318. The van der Waals surface area contributed by atoms with E-state index in [4.69, 9.17) is 8.92 Å². The van der Waals surface area contributed by atoms with Crippen LogP contribution in [-0.4, -0.2) is 39.0 Å². The van der Waals surface area contributed by atoms with Gasteiger partial charge in [0.15, 0.2) is 0 Å². The lowest BCUT2D eigenvalue weighted by molar-refractivity contribution is -0.126. The second kappa shape index (κ2) is 8.39. The lowest BCUT2D eigenvalue weighted by Crippen LogP contribution is -2.30. The van der Waals surface area contributed by atoms with Crippen LogP contribution in [0.2, 0.25) is 0 Å². The van der Waals surface area contributed by atoms with Crippen molar-refractivity contribution in [2.24, 2.45) is 0 Å². The van der Waals surface area contributed by atoms with Gasteiger partial charge in [0.2, 0.25) is 5.91 Å². The van der Waals surface area contributed by atoms with Gasteiger partial charge in [-0.1, -0.05) is 29.8 Å². The van der Waals surface area contributed by atoms with E-state index in [0.29, 0.717) is 12.1 Å². The van der Waals surface area contributed by atoms with Gasteiger partial charge in [0, 0.05) is 12.6 Å². The molecule has 2 atom stereocenters. The molecule has 0 saturated carbocycles. The molecule has 1 aliphatic heterocycles. The van der Waals surface area contributed by atoms with Crippen LogP contribution in [-0.2, 0) is 19.1 Å². The Kier molecular flexibility index (Phi) is 6.10. The van der Waals surface area contributed by atoms with E-state index in [0.717, 1.165) is 16.9 Å². The van der Waals surface area contributed by atoms with Crippen LogP contribution in [0, 0.1) is 6.92 Å². The predicted molar refractivity (Wildman–Crippen MR) is 110 cm³/mol. The summed E-state index contributed by atoms with van der Waals surface area (Å²) in [5.74, 6) is 0.586. The van der Waals surface area contributed by atoms with Crippen LogP contribution in [0.25, 0.3) is 0 Å². The first-order valence-corrected chi connectivity index (χ1v) is 10.8. The maximum atomic E-state index is 12.5. The molecule has 0 radical (unpaired) electrons. The standard InChI is InChI=1S/C22H25NO5S/c1-15-5-11-21(12-6-15)29(25,26)28-17(3)19-13-22(24)23(14-19)16(2)18-7-9-20(27-4)10-8-18/h5-13,16-17H,14H2,1-4H3/t16-,17-/m0/s1. The van der Waals surface area contributed by atoms with Crippen molar-refractivity contribution in [2.75, 3.05) is 13.7 Å². The van der Waals surface area contributed by atoms with Crippen LogP contribution in [0.5, 0.6) is 5.75 Å². The fourth-order valence-electron chi connectivity index (χ4n) is 3.21. The normalized spacial score (nSPS) is 16.5. The number of amides is 1. The number of aryl methyl sites for hydroxylation is 1. The van der Waals surface area contributed by atoms with Crippen LogP contribution in [0.3, 0.4) is 0 Å². The molecule has 0 fully saturated rings. The summed E-state index contributed by atoms with van der Waals surface area (Å²) in [6.45, 7) is 5.78. The van der Waals surface area contributed by atoms with Crippen molar-refractivity contribution in [2.45, 2.75) is 37.8 Å². The molecule has 7 heteroatoms. The highest BCUT2D eigenvalue weighted by atomic mass is 32.2. The van der Waals surface area contributed by atoms with Crippen LogP contribution in [0.4, 0.5) is 0 Å². The molecule has 29 heavy (non-hydrogen) atoms. The Morgan fingerprint density at radius 3 is 2.21 bits per heavy atom. The van der Waals surface area contributed by atoms with E-state index in [2.05, 4.69) is 0 Å². The maximum absolute atomic E-state index is 12.5. The largest absolute Gasteiger partial charge is 0.497 e. The molecular weight excluding hydrogens is 390 g/mol. The molecule has 0 aliphatic carbocycles. The van der Waals surface area contributed by atoms with Gasteiger partial charge in [0.25, 0.3) is 10.1 Å². The number of hydrogen-bond donors (Lipinski definition) is 0. The first kappa shape index (κ1) is 21.1. The van der Waals surface area contributed by atoms with E-state index in [9.17, 15) is 13.2 Å². The number of methoxy groups -OCH3 is 1. The van der Waals surface area contributed by atoms with Crippen molar-refractivity contribution >= 4 is 16.0 Å². The van der Waals surface area contributed by atoms with Gasteiger partial charge in [-0.15, -0.1) is 0 Å². The summed E-state index contributed by atoms with van der Waals surface area (Å²) in [5.41, 5.74) is 2.56. The number of carbonyl (C=O) groups excluding carboxylic acids is 1. The summed E-state index contributed by atoms with van der Waals surface area (Å²) in [4.78, 5) is 14.3. The molecule has 1 heterocycles. The van der Waals surface area contributed by atoms with Crippen LogP contribution in [0.1, 0.15) is 31.0 Å². The van der Waals surface area contributed by atoms with Gasteiger partial charge in [-0.3, -0.25) is 8.98 Å². The molecule has 0 unspecified atom stereocenters. The average Bonchev–Trinajstić information content (AvgIpc) is 3.09. The van der Waals surface area contributed by atoms with Crippen LogP contribution >= 0.6 is 0 Å². The first-order chi connectivity index (χ1) is 13.7. The topological polar surface area (TPSA) is 72.9 Å². The average molecular weight is 416 g/mol. The van der Waals surface area contributed by atoms with Gasteiger partial charge in [-0.25, -0.2) is 0 Å². The zero-order valence-electron chi connectivity index (χ0n) is 17.0.